The van der Waals surface area contributed by atoms with E-state index >= 15 is 0 Å². The molecule has 1 aliphatic rings. The molecule has 2 aromatic rings. The third-order valence-corrected chi connectivity index (χ3v) is 5.77. The number of aryl methyl sites for hydroxylation is 1. The number of fused-ring (bicyclic) bond motifs is 1. The molecule has 1 unspecified atom stereocenters. The van der Waals surface area contributed by atoms with Crippen molar-refractivity contribution < 1.29 is 4.79 Å². The molecular formula is C20H25NOS. The highest BCUT2D eigenvalue weighted by Crippen LogP contribution is 2.33. The quantitative estimate of drug-likeness (QED) is 0.783. The summed E-state index contributed by atoms with van der Waals surface area (Å²) in [6, 6.07) is 10.2. The zero-order valence-corrected chi connectivity index (χ0v) is 15.2. The molecule has 3 rings (SSSR count). The molecule has 2 nitrogen and oxygen atoms in total. The van der Waals surface area contributed by atoms with E-state index in [1.54, 1.807) is 11.3 Å². The summed E-state index contributed by atoms with van der Waals surface area (Å²) in [5.41, 5.74) is 3.48. The van der Waals surface area contributed by atoms with Gasteiger partial charge >= 0.3 is 0 Å². The van der Waals surface area contributed by atoms with E-state index < -0.39 is 0 Å². The van der Waals surface area contributed by atoms with Crippen LogP contribution in [-0.2, 0) is 18.3 Å². The molecule has 0 bridgehead atoms. The summed E-state index contributed by atoms with van der Waals surface area (Å²) in [7, 11) is 0. The molecule has 0 spiro atoms. The lowest BCUT2D eigenvalue weighted by Crippen LogP contribution is -2.18. The molecule has 1 aliphatic carbocycles. The molecule has 0 saturated carbocycles. The van der Waals surface area contributed by atoms with Crippen LogP contribution in [0, 0.1) is 5.92 Å². The molecule has 0 radical (unpaired) electrons. The maximum atomic E-state index is 12.7. The fourth-order valence-electron chi connectivity index (χ4n) is 3.25. The topological polar surface area (TPSA) is 29.1 Å². The molecule has 1 heterocycles. The van der Waals surface area contributed by atoms with E-state index in [2.05, 4.69) is 45.1 Å². The predicted molar refractivity (Wildman–Crippen MR) is 98.6 cm³/mol. The van der Waals surface area contributed by atoms with E-state index in [4.69, 9.17) is 0 Å². The lowest BCUT2D eigenvalue weighted by Gasteiger charge is -2.22. The number of hydrogen-bond donors (Lipinski definition) is 1. The van der Waals surface area contributed by atoms with Gasteiger partial charge in [-0.2, -0.15) is 0 Å². The van der Waals surface area contributed by atoms with Crippen molar-refractivity contribution in [2.24, 2.45) is 5.92 Å². The smallest absolute Gasteiger partial charge is 0.265 e. The number of anilines is 1. The maximum Gasteiger partial charge on any atom is 0.265 e. The summed E-state index contributed by atoms with van der Waals surface area (Å²) in [4.78, 5) is 14.9. The Morgan fingerprint density at radius 2 is 2.00 bits per heavy atom. The van der Waals surface area contributed by atoms with Crippen LogP contribution in [0.4, 0.5) is 5.69 Å². The highest BCUT2D eigenvalue weighted by molar-refractivity contribution is 7.14. The summed E-state index contributed by atoms with van der Waals surface area (Å²) in [6.45, 7) is 8.80. The molecule has 122 valence electrons. The number of rotatable bonds is 2. The molecule has 0 fully saturated rings. The van der Waals surface area contributed by atoms with Crippen molar-refractivity contribution >= 4 is 22.9 Å². The standard InChI is InChI=1S/C20H25NOS/c1-13-9-10-17-14(11-13)12-18(23-17)19(22)21-16-8-6-5-7-15(16)20(2,3)4/h5-8,12-13H,9-11H2,1-4H3,(H,21,22). The largest absolute Gasteiger partial charge is 0.321 e. The zero-order chi connectivity index (χ0) is 16.6. The lowest BCUT2D eigenvalue weighted by molar-refractivity contribution is 0.103. The van der Waals surface area contributed by atoms with Gasteiger partial charge in [-0.25, -0.2) is 0 Å². The molecule has 23 heavy (non-hydrogen) atoms. The fraction of sp³-hybridized carbons (Fsp3) is 0.450. The molecule has 1 atom stereocenters. The Kier molecular flexibility index (Phi) is 4.33. The van der Waals surface area contributed by atoms with E-state index in [0.29, 0.717) is 0 Å². The Bertz CT molecular complexity index is 723. The van der Waals surface area contributed by atoms with Crippen LogP contribution in [0.2, 0.25) is 0 Å². The minimum absolute atomic E-state index is 0.00793. The van der Waals surface area contributed by atoms with Crippen LogP contribution in [0.1, 0.15) is 59.8 Å². The van der Waals surface area contributed by atoms with Gasteiger partial charge in [-0.05, 0) is 53.9 Å². The van der Waals surface area contributed by atoms with Crippen LogP contribution < -0.4 is 5.32 Å². The van der Waals surface area contributed by atoms with Gasteiger partial charge in [0.25, 0.3) is 5.91 Å². The predicted octanol–water partition coefficient (Wildman–Crippen LogP) is 5.42. The highest BCUT2D eigenvalue weighted by Gasteiger charge is 2.22. The Hall–Kier alpha value is -1.61. The molecule has 3 heteroatoms. The van der Waals surface area contributed by atoms with Crippen LogP contribution in [-0.4, -0.2) is 5.91 Å². The van der Waals surface area contributed by atoms with Gasteiger partial charge in [-0.15, -0.1) is 11.3 Å². The summed E-state index contributed by atoms with van der Waals surface area (Å²) < 4.78 is 0. The van der Waals surface area contributed by atoms with E-state index in [9.17, 15) is 4.79 Å². The van der Waals surface area contributed by atoms with Gasteiger partial charge in [0.05, 0.1) is 4.88 Å². The molecule has 1 amide bonds. The third kappa shape index (κ3) is 3.50. The average molecular weight is 327 g/mol. The van der Waals surface area contributed by atoms with Crippen molar-refractivity contribution in [1.82, 2.24) is 0 Å². The van der Waals surface area contributed by atoms with Gasteiger partial charge < -0.3 is 5.32 Å². The summed E-state index contributed by atoms with van der Waals surface area (Å²) in [5, 5.41) is 3.13. The van der Waals surface area contributed by atoms with Crippen LogP contribution >= 0.6 is 11.3 Å². The molecular weight excluding hydrogens is 302 g/mol. The fourth-order valence-corrected chi connectivity index (χ4v) is 4.35. The van der Waals surface area contributed by atoms with Crippen molar-refractivity contribution in [2.75, 3.05) is 5.32 Å². The van der Waals surface area contributed by atoms with Crippen molar-refractivity contribution in [3.63, 3.8) is 0 Å². The van der Waals surface area contributed by atoms with Gasteiger partial charge in [0.1, 0.15) is 0 Å². The number of nitrogens with one attached hydrogen (secondary N) is 1. The van der Waals surface area contributed by atoms with E-state index in [-0.39, 0.29) is 11.3 Å². The van der Waals surface area contributed by atoms with Crippen molar-refractivity contribution in [3.05, 3.63) is 51.2 Å². The van der Waals surface area contributed by atoms with Crippen molar-refractivity contribution in [3.8, 4) is 0 Å². The van der Waals surface area contributed by atoms with E-state index in [1.807, 2.05) is 18.2 Å². The first-order valence-electron chi connectivity index (χ1n) is 8.37. The molecule has 0 saturated heterocycles. The first kappa shape index (κ1) is 16.3. The van der Waals surface area contributed by atoms with Crippen molar-refractivity contribution in [2.45, 2.75) is 52.4 Å². The van der Waals surface area contributed by atoms with Crippen LogP contribution in [0.15, 0.2) is 30.3 Å². The normalized spacial score (nSPS) is 17.7. The molecule has 1 aromatic carbocycles. The highest BCUT2D eigenvalue weighted by atomic mass is 32.1. The summed E-state index contributed by atoms with van der Waals surface area (Å²) in [6.07, 6.45) is 3.46. The van der Waals surface area contributed by atoms with Crippen LogP contribution in [0.25, 0.3) is 0 Å². The second kappa shape index (κ2) is 6.12. The Morgan fingerprint density at radius 1 is 1.26 bits per heavy atom. The number of para-hydroxylation sites is 1. The molecule has 0 aliphatic heterocycles. The minimum Gasteiger partial charge on any atom is -0.321 e. The van der Waals surface area contributed by atoms with Crippen LogP contribution in [0.3, 0.4) is 0 Å². The maximum absolute atomic E-state index is 12.7. The van der Waals surface area contributed by atoms with Crippen molar-refractivity contribution in [1.29, 1.82) is 0 Å². The number of hydrogen-bond acceptors (Lipinski definition) is 2. The Labute approximate surface area is 142 Å². The number of carbonyl (C=O) groups excluding carboxylic acids is 1. The van der Waals surface area contributed by atoms with Gasteiger partial charge in [-0.3, -0.25) is 4.79 Å². The van der Waals surface area contributed by atoms with Crippen LogP contribution in [0.5, 0.6) is 0 Å². The second-order valence-corrected chi connectivity index (χ2v) is 8.79. The van der Waals surface area contributed by atoms with E-state index in [1.165, 1.54) is 22.4 Å². The lowest BCUT2D eigenvalue weighted by atomic mass is 9.86. The number of amides is 1. The van der Waals surface area contributed by atoms with Gasteiger partial charge in [0, 0.05) is 10.6 Å². The second-order valence-electron chi connectivity index (χ2n) is 7.66. The summed E-state index contributed by atoms with van der Waals surface area (Å²) in [5.74, 6) is 0.753. The van der Waals surface area contributed by atoms with Gasteiger partial charge in [0.2, 0.25) is 0 Å². The Balaban J connectivity index is 1.83. The zero-order valence-electron chi connectivity index (χ0n) is 14.4. The minimum atomic E-state index is 0.00793. The first-order chi connectivity index (χ1) is 10.8. The van der Waals surface area contributed by atoms with Gasteiger partial charge in [-0.1, -0.05) is 45.9 Å². The average Bonchev–Trinajstić information content (AvgIpc) is 2.89. The number of benzene rings is 1. The number of thiophene rings is 1. The van der Waals surface area contributed by atoms with E-state index in [0.717, 1.165) is 29.3 Å². The molecule has 1 aromatic heterocycles. The van der Waals surface area contributed by atoms with Gasteiger partial charge in [0.15, 0.2) is 0 Å². The molecule has 1 N–H and O–H groups in total. The third-order valence-electron chi connectivity index (χ3n) is 4.54. The summed E-state index contributed by atoms with van der Waals surface area (Å²) >= 11 is 1.67. The monoisotopic (exact) mass is 327 g/mol. The SMILES string of the molecule is CC1CCc2sc(C(=O)Nc3ccccc3C(C)(C)C)cc2C1. The Morgan fingerprint density at radius 3 is 2.74 bits per heavy atom. The first-order valence-corrected chi connectivity index (χ1v) is 9.18. The number of carbonyl (C=O) groups is 1.